The lowest BCUT2D eigenvalue weighted by atomic mass is 10.2. The summed E-state index contributed by atoms with van der Waals surface area (Å²) in [5.74, 6) is 0.445. The summed E-state index contributed by atoms with van der Waals surface area (Å²) >= 11 is 1.27. The van der Waals surface area contributed by atoms with Crippen LogP contribution >= 0.6 is 11.8 Å². The van der Waals surface area contributed by atoms with Gasteiger partial charge in [-0.05, 0) is 18.4 Å². The Morgan fingerprint density at radius 3 is 2.71 bits per heavy atom. The van der Waals surface area contributed by atoms with Gasteiger partial charge in [-0.1, -0.05) is 0 Å². The molecule has 5 nitrogen and oxygen atoms in total. The third-order valence-corrected chi connectivity index (χ3v) is 2.83. The van der Waals surface area contributed by atoms with Crippen LogP contribution in [0.4, 0.5) is 0 Å². The van der Waals surface area contributed by atoms with Gasteiger partial charge in [0.15, 0.2) is 0 Å². The van der Waals surface area contributed by atoms with Crippen molar-refractivity contribution in [2.24, 2.45) is 0 Å². The monoisotopic (exact) mass is 244 g/mol. The minimum Gasteiger partial charge on any atom is -0.305 e. The Morgan fingerprint density at radius 1 is 1.41 bits per heavy atom. The van der Waals surface area contributed by atoms with E-state index in [1.165, 1.54) is 11.8 Å². The van der Waals surface area contributed by atoms with Gasteiger partial charge in [0.1, 0.15) is 22.5 Å². The minimum atomic E-state index is -0.418. The smallest absolute Gasteiger partial charge is 0.270 e. The maximum Gasteiger partial charge on any atom is 0.270 e. The molecule has 0 radical (unpaired) electrons. The number of aromatic amines is 1. The fourth-order valence-electron chi connectivity index (χ4n) is 1.35. The lowest BCUT2D eigenvalue weighted by Gasteiger charge is -2.03. The third kappa shape index (κ3) is 2.19. The van der Waals surface area contributed by atoms with Crippen LogP contribution < -0.4 is 5.56 Å². The normalized spacial score (nSPS) is 9.88. The molecule has 0 saturated carbocycles. The van der Waals surface area contributed by atoms with Crippen molar-refractivity contribution in [2.75, 3.05) is 6.26 Å². The summed E-state index contributed by atoms with van der Waals surface area (Å²) < 4.78 is 0. The van der Waals surface area contributed by atoms with Crippen LogP contribution in [0.15, 0.2) is 34.3 Å². The standard InChI is InChI=1S/C11H8N4OS/c1-17-11-8(6-12)10(16)14-9(15-11)7-2-4-13-5-3-7/h2-5H,1H3,(H,14,15,16). The van der Waals surface area contributed by atoms with Crippen LogP contribution in [0.25, 0.3) is 11.4 Å². The molecule has 0 unspecified atom stereocenters. The van der Waals surface area contributed by atoms with Crippen molar-refractivity contribution in [1.29, 1.82) is 5.26 Å². The Balaban J connectivity index is 2.64. The summed E-state index contributed by atoms with van der Waals surface area (Å²) in [5, 5.41) is 9.29. The maximum atomic E-state index is 11.7. The molecule has 0 aliphatic carbocycles. The number of hydrogen-bond acceptors (Lipinski definition) is 5. The fraction of sp³-hybridized carbons (Fsp3) is 0.0909. The molecule has 0 amide bonds. The number of nitriles is 1. The molecule has 1 N–H and O–H groups in total. The van der Waals surface area contributed by atoms with Gasteiger partial charge in [0.2, 0.25) is 0 Å². The predicted molar refractivity (Wildman–Crippen MR) is 64.6 cm³/mol. The highest BCUT2D eigenvalue weighted by Gasteiger charge is 2.11. The molecular formula is C11H8N4OS. The van der Waals surface area contributed by atoms with Crippen LogP contribution in [0.5, 0.6) is 0 Å². The van der Waals surface area contributed by atoms with E-state index in [1.807, 2.05) is 6.07 Å². The topological polar surface area (TPSA) is 82.4 Å². The van der Waals surface area contributed by atoms with Gasteiger partial charge in [0.25, 0.3) is 5.56 Å². The van der Waals surface area contributed by atoms with Crippen LogP contribution in [0, 0.1) is 11.3 Å². The number of nitrogens with one attached hydrogen (secondary N) is 1. The second-order valence-corrected chi connectivity index (χ2v) is 3.94. The van der Waals surface area contributed by atoms with Crippen molar-refractivity contribution in [3.05, 3.63) is 40.4 Å². The van der Waals surface area contributed by atoms with Crippen LogP contribution in [0.3, 0.4) is 0 Å². The van der Waals surface area contributed by atoms with Crippen molar-refractivity contribution in [3.8, 4) is 17.5 Å². The van der Waals surface area contributed by atoms with Gasteiger partial charge in [-0.15, -0.1) is 11.8 Å². The molecule has 2 aromatic heterocycles. The number of rotatable bonds is 2. The Bertz CT molecular complexity index is 630. The number of nitrogens with zero attached hydrogens (tertiary/aromatic N) is 3. The van der Waals surface area contributed by atoms with E-state index in [0.717, 1.165) is 5.56 Å². The van der Waals surface area contributed by atoms with Crippen LogP contribution in [-0.2, 0) is 0 Å². The first-order valence-corrected chi connectivity index (χ1v) is 5.97. The van der Waals surface area contributed by atoms with Gasteiger partial charge < -0.3 is 4.98 Å². The molecule has 0 aliphatic rings. The highest BCUT2D eigenvalue weighted by Crippen LogP contribution is 2.18. The number of pyridine rings is 1. The minimum absolute atomic E-state index is 0.0512. The van der Waals surface area contributed by atoms with Crippen LogP contribution in [-0.4, -0.2) is 21.2 Å². The average Bonchev–Trinajstić information content (AvgIpc) is 2.38. The molecular weight excluding hydrogens is 236 g/mol. The van der Waals surface area contributed by atoms with Gasteiger partial charge in [-0.2, -0.15) is 5.26 Å². The zero-order chi connectivity index (χ0) is 12.3. The van der Waals surface area contributed by atoms with E-state index in [4.69, 9.17) is 5.26 Å². The SMILES string of the molecule is CSc1nc(-c2ccncc2)[nH]c(=O)c1C#N. The van der Waals surface area contributed by atoms with Gasteiger partial charge in [0, 0.05) is 18.0 Å². The number of aromatic nitrogens is 3. The Labute approximate surface area is 102 Å². The lowest BCUT2D eigenvalue weighted by molar-refractivity contribution is 1.01. The summed E-state index contributed by atoms with van der Waals surface area (Å²) in [6.07, 6.45) is 5.01. The molecule has 2 rings (SSSR count). The van der Waals surface area contributed by atoms with E-state index in [2.05, 4.69) is 15.0 Å². The molecule has 0 aliphatic heterocycles. The molecule has 6 heteroatoms. The van der Waals surface area contributed by atoms with Gasteiger partial charge in [-0.3, -0.25) is 9.78 Å². The first-order valence-electron chi connectivity index (χ1n) is 4.75. The van der Waals surface area contributed by atoms with E-state index in [0.29, 0.717) is 10.9 Å². The Morgan fingerprint density at radius 2 is 2.12 bits per heavy atom. The number of H-pyrrole nitrogens is 1. The molecule has 0 fully saturated rings. The predicted octanol–water partition coefficient (Wildman–Crippen LogP) is 1.43. The summed E-state index contributed by atoms with van der Waals surface area (Å²) in [6.45, 7) is 0. The van der Waals surface area contributed by atoms with Crippen molar-refractivity contribution in [1.82, 2.24) is 15.0 Å². The molecule has 2 aromatic rings. The van der Waals surface area contributed by atoms with Crippen molar-refractivity contribution in [3.63, 3.8) is 0 Å². The van der Waals surface area contributed by atoms with E-state index in [1.54, 1.807) is 30.8 Å². The van der Waals surface area contributed by atoms with Gasteiger partial charge in [0.05, 0.1) is 0 Å². The quantitative estimate of drug-likeness (QED) is 0.638. The zero-order valence-corrected chi connectivity index (χ0v) is 9.78. The maximum absolute atomic E-state index is 11.7. The summed E-state index contributed by atoms with van der Waals surface area (Å²) in [5.41, 5.74) is 0.394. The van der Waals surface area contributed by atoms with Crippen molar-refractivity contribution < 1.29 is 0 Å². The number of hydrogen-bond donors (Lipinski definition) is 1. The summed E-state index contributed by atoms with van der Waals surface area (Å²) in [7, 11) is 0. The Hall–Kier alpha value is -2.13. The van der Waals surface area contributed by atoms with Crippen LogP contribution in [0.1, 0.15) is 5.56 Å². The molecule has 0 aromatic carbocycles. The van der Waals surface area contributed by atoms with Crippen molar-refractivity contribution in [2.45, 2.75) is 5.03 Å². The number of thioether (sulfide) groups is 1. The van der Waals surface area contributed by atoms with E-state index in [-0.39, 0.29) is 5.56 Å². The molecule has 0 atom stereocenters. The first-order chi connectivity index (χ1) is 8.26. The second-order valence-electron chi connectivity index (χ2n) is 3.15. The molecule has 0 saturated heterocycles. The molecule has 2 heterocycles. The highest BCUT2D eigenvalue weighted by molar-refractivity contribution is 7.98. The molecule has 17 heavy (non-hydrogen) atoms. The molecule has 0 spiro atoms. The van der Waals surface area contributed by atoms with E-state index in [9.17, 15) is 4.79 Å². The first kappa shape index (κ1) is 11.4. The Kier molecular flexibility index (Phi) is 3.21. The van der Waals surface area contributed by atoms with Gasteiger partial charge in [-0.25, -0.2) is 4.98 Å². The average molecular weight is 244 g/mol. The molecule has 84 valence electrons. The second kappa shape index (κ2) is 4.80. The zero-order valence-electron chi connectivity index (χ0n) is 8.97. The van der Waals surface area contributed by atoms with E-state index < -0.39 is 5.56 Å². The van der Waals surface area contributed by atoms with Crippen molar-refractivity contribution >= 4 is 11.8 Å². The fourth-order valence-corrected chi connectivity index (χ4v) is 1.87. The van der Waals surface area contributed by atoms with Crippen LogP contribution in [0.2, 0.25) is 0 Å². The van der Waals surface area contributed by atoms with Gasteiger partial charge >= 0.3 is 0 Å². The molecule has 0 bridgehead atoms. The summed E-state index contributed by atoms with van der Waals surface area (Å²) in [6, 6.07) is 5.34. The van der Waals surface area contributed by atoms with E-state index >= 15 is 0 Å². The largest absolute Gasteiger partial charge is 0.305 e. The third-order valence-electron chi connectivity index (χ3n) is 2.15. The highest BCUT2D eigenvalue weighted by atomic mass is 32.2. The summed E-state index contributed by atoms with van der Waals surface area (Å²) in [4.78, 5) is 22.4. The lowest BCUT2D eigenvalue weighted by Crippen LogP contribution is -2.14.